The second-order valence-electron chi connectivity index (χ2n) is 5.58. The van der Waals surface area contributed by atoms with Crippen molar-refractivity contribution in [3.05, 3.63) is 81.0 Å². The van der Waals surface area contributed by atoms with Crippen molar-refractivity contribution >= 4 is 34.1 Å². The van der Waals surface area contributed by atoms with Crippen LogP contribution in [0.4, 0.5) is 5.69 Å². The van der Waals surface area contributed by atoms with E-state index >= 15 is 0 Å². The fourth-order valence-corrected chi connectivity index (χ4v) is 2.85. The van der Waals surface area contributed by atoms with E-state index in [1.165, 1.54) is 17.0 Å². The fraction of sp³-hybridized carbons (Fsp3) is 0.111. The van der Waals surface area contributed by atoms with Crippen LogP contribution in [-0.4, -0.2) is 27.8 Å². The summed E-state index contributed by atoms with van der Waals surface area (Å²) in [6, 6.07) is 13.1. The van der Waals surface area contributed by atoms with E-state index in [0.717, 1.165) is 0 Å². The molecular weight excluding hydrogens is 342 g/mol. The van der Waals surface area contributed by atoms with Crippen LogP contribution in [0.1, 0.15) is 15.9 Å². The lowest BCUT2D eigenvalue weighted by molar-refractivity contribution is -0.384. The highest BCUT2D eigenvalue weighted by Gasteiger charge is 2.17. The van der Waals surface area contributed by atoms with Crippen molar-refractivity contribution in [2.45, 2.75) is 6.54 Å². The van der Waals surface area contributed by atoms with E-state index in [2.05, 4.69) is 4.98 Å². The van der Waals surface area contributed by atoms with Gasteiger partial charge in [-0.25, -0.2) is 0 Å². The molecule has 0 atom stereocenters. The van der Waals surface area contributed by atoms with Crippen LogP contribution >= 0.6 is 11.6 Å². The number of amides is 1. The number of pyridine rings is 1. The second-order valence-corrected chi connectivity index (χ2v) is 5.99. The van der Waals surface area contributed by atoms with Crippen molar-refractivity contribution in [2.24, 2.45) is 0 Å². The quantitative estimate of drug-likeness (QED) is 0.522. The number of nitrogens with zero attached hydrogens (tertiary/aromatic N) is 3. The maximum absolute atomic E-state index is 12.8. The summed E-state index contributed by atoms with van der Waals surface area (Å²) >= 11 is 6.16. The third kappa shape index (κ3) is 3.44. The number of nitro benzene ring substituents is 1. The number of benzene rings is 2. The van der Waals surface area contributed by atoms with Gasteiger partial charge in [0.05, 0.1) is 21.0 Å². The van der Waals surface area contributed by atoms with Crippen molar-refractivity contribution in [3.63, 3.8) is 0 Å². The first-order valence-corrected chi connectivity index (χ1v) is 7.87. The summed E-state index contributed by atoms with van der Waals surface area (Å²) in [6.07, 6.45) is 1.61. The number of nitro groups is 1. The van der Waals surface area contributed by atoms with E-state index in [0.29, 0.717) is 27.1 Å². The Hall–Kier alpha value is -2.99. The van der Waals surface area contributed by atoms with E-state index in [9.17, 15) is 14.9 Å². The summed E-state index contributed by atoms with van der Waals surface area (Å²) in [5.41, 5.74) is 1.65. The molecule has 6 nitrogen and oxygen atoms in total. The van der Waals surface area contributed by atoms with Gasteiger partial charge in [-0.2, -0.15) is 0 Å². The molecule has 0 fully saturated rings. The molecule has 0 saturated carbocycles. The largest absolute Gasteiger partial charge is 0.337 e. The Kier molecular flexibility index (Phi) is 4.63. The zero-order valence-corrected chi connectivity index (χ0v) is 14.1. The molecule has 25 heavy (non-hydrogen) atoms. The number of non-ortho nitro benzene ring substituents is 1. The second kappa shape index (κ2) is 6.86. The molecule has 7 heteroatoms. The first-order chi connectivity index (χ1) is 12.0. The van der Waals surface area contributed by atoms with Crippen LogP contribution in [0, 0.1) is 10.1 Å². The van der Waals surface area contributed by atoms with Gasteiger partial charge in [0.2, 0.25) is 0 Å². The van der Waals surface area contributed by atoms with Gasteiger partial charge in [-0.3, -0.25) is 19.9 Å². The summed E-state index contributed by atoms with van der Waals surface area (Å²) in [5, 5.41) is 12.1. The molecule has 0 aliphatic heterocycles. The fourth-order valence-electron chi connectivity index (χ4n) is 2.63. The molecule has 3 rings (SSSR count). The number of rotatable bonds is 4. The first-order valence-electron chi connectivity index (χ1n) is 7.49. The third-order valence-corrected chi connectivity index (χ3v) is 4.16. The van der Waals surface area contributed by atoms with Crippen LogP contribution in [0.25, 0.3) is 10.9 Å². The van der Waals surface area contributed by atoms with Gasteiger partial charge in [-0.15, -0.1) is 0 Å². The predicted octanol–water partition coefficient (Wildman–Crippen LogP) is 4.07. The molecule has 1 heterocycles. The standard InChI is InChI=1S/C18H14ClN3O3/c1-21(11-12-4-2-5-13(10-12)22(24)25)18(23)15-7-8-16(19)14-6-3-9-20-17(14)15/h2-10H,11H2,1H3. The number of hydrogen-bond donors (Lipinski definition) is 0. The monoisotopic (exact) mass is 355 g/mol. The van der Waals surface area contributed by atoms with Crippen LogP contribution in [0.15, 0.2) is 54.7 Å². The van der Waals surface area contributed by atoms with Crippen LogP contribution < -0.4 is 0 Å². The van der Waals surface area contributed by atoms with Crippen molar-refractivity contribution in [1.82, 2.24) is 9.88 Å². The Morgan fingerprint density at radius 1 is 1.24 bits per heavy atom. The van der Waals surface area contributed by atoms with Crippen molar-refractivity contribution in [2.75, 3.05) is 7.05 Å². The molecule has 3 aromatic rings. The van der Waals surface area contributed by atoms with Crippen LogP contribution in [0.5, 0.6) is 0 Å². The van der Waals surface area contributed by atoms with E-state index in [4.69, 9.17) is 11.6 Å². The minimum Gasteiger partial charge on any atom is -0.337 e. The number of hydrogen-bond acceptors (Lipinski definition) is 4. The maximum atomic E-state index is 12.8. The molecule has 0 spiro atoms. The van der Waals surface area contributed by atoms with Gasteiger partial charge in [0.15, 0.2) is 0 Å². The van der Waals surface area contributed by atoms with Gasteiger partial charge in [-0.1, -0.05) is 23.7 Å². The lowest BCUT2D eigenvalue weighted by atomic mass is 10.1. The average molecular weight is 356 g/mol. The average Bonchev–Trinajstić information content (AvgIpc) is 2.62. The van der Waals surface area contributed by atoms with E-state index in [1.54, 1.807) is 43.6 Å². The number of halogens is 1. The Bertz CT molecular complexity index is 975. The van der Waals surface area contributed by atoms with Gasteiger partial charge < -0.3 is 4.90 Å². The molecule has 0 N–H and O–H groups in total. The first kappa shape index (κ1) is 16.9. The van der Waals surface area contributed by atoms with Crippen molar-refractivity contribution in [3.8, 4) is 0 Å². The molecular formula is C18H14ClN3O3. The number of carbonyl (C=O) groups is 1. The van der Waals surface area contributed by atoms with Gasteiger partial charge in [0.1, 0.15) is 0 Å². The maximum Gasteiger partial charge on any atom is 0.269 e. The van der Waals surface area contributed by atoms with Crippen LogP contribution in [0.3, 0.4) is 0 Å². The predicted molar refractivity (Wildman–Crippen MR) is 95.6 cm³/mol. The Labute approximate surface area is 148 Å². The van der Waals surface area contributed by atoms with Gasteiger partial charge in [0, 0.05) is 37.3 Å². The third-order valence-electron chi connectivity index (χ3n) is 3.83. The number of aromatic nitrogens is 1. The van der Waals surface area contributed by atoms with Crippen LogP contribution in [-0.2, 0) is 6.54 Å². The molecule has 2 aromatic carbocycles. The lowest BCUT2D eigenvalue weighted by Gasteiger charge is -2.18. The Morgan fingerprint density at radius 3 is 2.80 bits per heavy atom. The summed E-state index contributed by atoms with van der Waals surface area (Å²) in [6.45, 7) is 0.247. The zero-order valence-electron chi connectivity index (χ0n) is 13.3. The van der Waals surface area contributed by atoms with E-state index in [-0.39, 0.29) is 18.1 Å². The normalized spacial score (nSPS) is 10.6. The molecule has 0 saturated heterocycles. The van der Waals surface area contributed by atoms with Crippen molar-refractivity contribution < 1.29 is 9.72 Å². The summed E-state index contributed by atoms with van der Waals surface area (Å²) in [5.74, 6) is -0.230. The minimum atomic E-state index is -0.456. The van der Waals surface area contributed by atoms with Gasteiger partial charge in [-0.05, 0) is 29.8 Å². The van der Waals surface area contributed by atoms with Crippen LogP contribution in [0.2, 0.25) is 5.02 Å². The number of fused-ring (bicyclic) bond motifs is 1. The summed E-state index contributed by atoms with van der Waals surface area (Å²) in [4.78, 5) is 29.0. The molecule has 0 aliphatic rings. The highest BCUT2D eigenvalue weighted by Crippen LogP contribution is 2.26. The number of carbonyl (C=O) groups excluding carboxylic acids is 1. The highest BCUT2D eigenvalue weighted by atomic mass is 35.5. The highest BCUT2D eigenvalue weighted by molar-refractivity contribution is 6.36. The molecule has 0 radical (unpaired) electrons. The molecule has 0 unspecified atom stereocenters. The van der Waals surface area contributed by atoms with E-state index in [1.807, 2.05) is 6.07 Å². The molecule has 126 valence electrons. The Balaban J connectivity index is 1.90. The zero-order chi connectivity index (χ0) is 18.0. The van der Waals surface area contributed by atoms with Gasteiger partial charge in [0.25, 0.3) is 11.6 Å². The summed E-state index contributed by atoms with van der Waals surface area (Å²) < 4.78 is 0. The lowest BCUT2D eigenvalue weighted by Crippen LogP contribution is -2.26. The Morgan fingerprint density at radius 2 is 2.04 bits per heavy atom. The summed E-state index contributed by atoms with van der Waals surface area (Å²) in [7, 11) is 1.64. The molecule has 0 aliphatic carbocycles. The molecule has 1 amide bonds. The molecule has 1 aromatic heterocycles. The topological polar surface area (TPSA) is 76.3 Å². The SMILES string of the molecule is CN(Cc1cccc([N+](=O)[O-])c1)C(=O)c1ccc(Cl)c2cccnc12. The smallest absolute Gasteiger partial charge is 0.269 e. The van der Waals surface area contributed by atoms with E-state index < -0.39 is 4.92 Å². The molecule has 0 bridgehead atoms. The minimum absolute atomic E-state index is 0.00282. The van der Waals surface area contributed by atoms with Crippen molar-refractivity contribution in [1.29, 1.82) is 0 Å². The van der Waals surface area contributed by atoms with Gasteiger partial charge >= 0.3 is 0 Å².